The molecule has 1 aromatic heterocycles. The summed E-state index contributed by atoms with van der Waals surface area (Å²) in [6.45, 7) is 1.73. The summed E-state index contributed by atoms with van der Waals surface area (Å²) in [6.07, 6.45) is 2.33. The van der Waals surface area contributed by atoms with E-state index in [0.29, 0.717) is 11.3 Å². The topological polar surface area (TPSA) is 81.4 Å². The van der Waals surface area contributed by atoms with Gasteiger partial charge in [0.2, 0.25) is 6.10 Å². The van der Waals surface area contributed by atoms with Crippen LogP contribution in [0.2, 0.25) is 0 Å². The molecule has 3 aromatic rings. The monoisotopic (exact) mass is 422 g/mol. The minimum absolute atomic E-state index is 0.123. The molecule has 0 bridgehead atoms. The van der Waals surface area contributed by atoms with Crippen LogP contribution in [-0.2, 0) is 27.2 Å². The molecule has 1 unspecified atom stereocenters. The van der Waals surface area contributed by atoms with Crippen LogP contribution in [0, 0.1) is 6.92 Å². The number of amides is 1. The van der Waals surface area contributed by atoms with Crippen molar-refractivity contribution in [3.63, 3.8) is 0 Å². The lowest BCUT2D eigenvalue weighted by molar-refractivity contribution is -0.152. The van der Waals surface area contributed by atoms with E-state index in [1.807, 2.05) is 12.1 Å². The largest absolute Gasteiger partial charge is 0.447 e. The first-order chi connectivity index (χ1) is 14.6. The maximum atomic E-state index is 12.8. The Morgan fingerprint density at radius 2 is 1.93 bits per heavy atom. The first-order valence-electron chi connectivity index (χ1n) is 9.82. The van der Waals surface area contributed by atoms with E-state index in [-0.39, 0.29) is 11.6 Å². The fourth-order valence-electron chi connectivity index (χ4n) is 3.46. The zero-order valence-electron chi connectivity index (χ0n) is 16.6. The Morgan fingerprint density at radius 3 is 2.70 bits per heavy atom. The van der Waals surface area contributed by atoms with Gasteiger partial charge in [-0.3, -0.25) is 9.59 Å². The Morgan fingerprint density at radius 1 is 1.13 bits per heavy atom. The molecule has 7 heteroatoms. The summed E-state index contributed by atoms with van der Waals surface area (Å²) in [4.78, 5) is 26.4. The quantitative estimate of drug-likeness (QED) is 0.446. The van der Waals surface area contributed by atoms with Gasteiger partial charge in [-0.2, -0.15) is 0 Å². The lowest BCUT2D eigenvalue weighted by Crippen LogP contribution is -2.26. The lowest BCUT2D eigenvalue weighted by Gasteiger charge is -2.17. The van der Waals surface area contributed by atoms with Crippen molar-refractivity contribution in [2.24, 2.45) is 0 Å². The van der Waals surface area contributed by atoms with E-state index < -0.39 is 18.0 Å². The summed E-state index contributed by atoms with van der Waals surface area (Å²) in [5.41, 5.74) is 3.34. The Hall–Kier alpha value is -3.06. The van der Waals surface area contributed by atoms with Crippen LogP contribution in [-0.4, -0.2) is 22.8 Å². The number of ether oxygens (including phenoxy) is 1. The molecule has 4 rings (SSSR count). The standard InChI is InChI=1S/C23H22N2O4S/c1-15-12-20(25-29-15)24-23(27)22(17-6-3-2-4-7-17)28-21(26)14-30-19-11-10-16-8-5-9-18(16)13-19/h2-4,6-7,10-13,22H,5,8-9,14H2,1H3,(H,24,25,27). The molecular weight excluding hydrogens is 400 g/mol. The van der Waals surface area contributed by atoms with Crippen molar-refractivity contribution in [3.05, 3.63) is 77.0 Å². The van der Waals surface area contributed by atoms with E-state index in [4.69, 9.17) is 9.26 Å². The summed E-state index contributed by atoms with van der Waals surface area (Å²) >= 11 is 1.42. The van der Waals surface area contributed by atoms with Crippen LogP contribution in [0.15, 0.2) is 64.0 Å². The fourth-order valence-corrected chi connectivity index (χ4v) is 4.21. The molecule has 1 amide bonds. The van der Waals surface area contributed by atoms with Crippen LogP contribution in [0.25, 0.3) is 0 Å². The average molecular weight is 423 g/mol. The van der Waals surface area contributed by atoms with Gasteiger partial charge in [0.15, 0.2) is 5.82 Å². The molecular formula is C23H22N2O4S. The molecule has 0 spiro atoms. The molecule has 0 saturated heterocycles. The maximum absolute atomic E-state index is 12.8. The molecule has 0 aliphatic heterocycles. The smallest absolute Gasteiger partial charge is 0.317 e. The fraction of sp³-hybridized carbons (Fsp3) is 0.261. The van der Waals surface area contributed by atoms with Gasteiger partial charge in [-0.15, -0.1) is 11.8 Å². The predicted molar refractivity (Wildman–Crippen MR) is 114 cm³/mol. The Balaban J connectivity index is 1.41. The third-order valence-electron chi connectivity index (χ3n) is 4.90. The number of carbonyl (C=O) groups is 2. The molecule has 0 saturated carbocycles. The number of anilines is 1. The van der Waals surface area contributed by atoms with Gasteiger partial charge in [0, 0.05) is 16.5 Å². The minimum Gasteiger partial charge on any atom is -0.447 e. The van der Waals surface area contributed by atoms with Crippen LogP contribution in [0.5, 0.6) is 0 Å². The number of nitrogens with one attached hydrogen (secondary N) is 1. The number of rotatable bonds is 7. The number of hydrogen-bond donors (Lipinski definition) is 1. The normalized spacial score (nSPS) is 13.5. The van der Waals surface area contributed by atoms with Crippen molar-refractivity contribution < 1.29 is 18.8 Å². The van der Waals surface area contributed by atoms with Crippen molar-refractivity contribution >= 4 is 29.5 Å². The van der Waals surface area contributed by atoms with E-state index in [2.05, 4.69) is 22.6 Å². The molecule has 1 heterocycles. The zero-order chi connectivity index (χ0) is 20.9. The number of nitrogens with zero attached hydrogens (tertiary/aromatic N) is 1. The molecule has 0 radical (unpaired) electrons. The summed E-state index contributed by atoms with van der Waals surface area (Å²) in [5.74, 6) is 0.0378. The number of hydrogen-bond acceptors (Lipinski definition) is 6. The second kappa shape index (κ2) is 9.17. The number of benzene rings is 2. The average Bonchev–Trinajstić information content (AvgIpc) is 3.39. The first kappa shape index (κ1) is 20.2. The molecule has 1 N–H and O–H groups in total. The van der Waals surface area contributed by atoms with Gasteiger partial charge in [0.05, 0.1) is 5.75 Å². The van der Waals surface area contributed by atoms with E-state index in [1.54, 1.807) is 37.3 Å². The van der Waals surface area contributed by atoms with Crippen LogP contribution in [0.3, 0.4) is 0 Å². The number of aryl methyl sites for hydroxylation is 3. The van der Waals surface area contributed by atoms with Crippen LogP contribution in [0.4, 0.5) is 5.82 Å². The molecule has 154 valence electrons. The third-order valence-corrected chi connectivity index (χ3v) is 5.86. The lowest BCUT2D eigenvalue weighted by atomic mass is 10.1. The number of thioether (sulfide) groups is 1. The van der Waals surface area contributed by atoms with Crippen LogP contribution in [0.1, 0.15) is 35.0 Å². The highest BCUT2D eigenvalue weighted by Gasteiger charge is 2.26. The molecule has 1 aliphatic carbocycles. The van der Waals surface area contributed by atoms with Crippen molar-refractivity contribution in [2.75, 3.05) is 11.1 Å². The number of carbonyl (C=O) groups excluding carboxylic acids is 2. The van der Waals surface area contributed by atoms with Gasteiger partial charge < -0.3 is 14.6 Å². The highest BCUT2D eigenvalue weighted by molar-refractivity contribution is 8.00. The van der Waals surface area contributed by atoms with Gasteiger partial charge in [0.1, 0.15) is 5.76 Å². The van der Waals surface area contributed by atoms with Gasteiger partial charge in [-0.05, 0) is 49.4 Å². The number of aromatic nitrogens is 1. The summed E-state index contributed by atoms with van der Waals surface area (Å²) in [7, 11) is 0. The molecule has 30 heavy (non-hydrogen) atoms. The summed E-state index contributed by atoms with van der Waals surface area (Å²) < 4.78 is 10.5. The Kier molecular flexibility index (Phi) is 6.18. The SMILES string of the molecule is Cc1cc(NC(=O)C(OC(=O)CSc2ccc3c(c2)CCC3)c2ccccc2)no1. The first-order valence-corrected chi connectivity index (χ1v) is 10.8. The molecule has 2 aromatic carbocycles. The maximum Gasteiger partial charge on any atom is 0.317 e. The van der Waals surface area contributed by atoms with Gasteiger partial charge in [-0.1, -0.05) is 41.6 Å². The van der Waals surface area contributed by atoms with Crippen LogP contribution >= 0.6 is 11.8 Å². The highest BCUT2D eigenvalue weighted by atomic mass is 32.2. The van der Waals surface area contributed by atoms with Crippen molar-refractivity contribution in [1.29, 1.82) is 0 Å². The van der Waals surface area contributed by atoms with Crippen molar-refractivity contribution in [1.82, 2.24) is 5.16 Å². The summed E-state index contributed by atoms with van der Waals surface area (Å²) in [5, 5.41) is 6.40. The van der Waals surface area contributed by atoms with E-state index in [0.717, 1.165) is 17.7 Å². The molecule has 6 nitrogen and oxygen atoms in total. The van der Waals surface area contributed by atoms with Gasteiger partial charge >= 0.3 is 5.97 Å². The Labute approximate surface area is 179 Å². The van der Waals surface area contributed by atoms with E-state index in [9.17, 15) is 9.59 Å². The minimum atomic E-state index is -1.07. The molecule has 1 atom stereocenters. The van der Waals surface area contributed by atoms with Crippen molar-refractivity contribution in [3.8, 4) is 0 Å². The van der Waals surface area contributed by atoms with Gasteiger partial charge in [0.25, 0.3) is 5.91 Å². The number of esters is 1. The second-order valence-corrected chi connectivity index (χ2v) is 8.21. The zero-order valence-corrected chi connectivity index (χ0v) is 17.4. The third kappa shape index (κ3) is 4.91. The van der Waals surface area contributed by atoms with Gasteiger partial charge in [-0.25, -0.2) is 0 Å². The van der Waals surface area contributed by atoms with E-state index >= 15 is 0 Å². The molecule has 1 aliphatic rings. The van der Waals surface area contributed by atoms with Crippen LogP contribution < -0.4 is 5.32 Å². The second-order valence-electron chi connectivity index (χ2n) is 7.17. The molecule has 0 fully saturated rings. The highest BCUT2D eigenvalue weighted by Crippen LogP contribution is 2.28. The Bertz CT molecular complexity index is 1050. The summed E-state index contributed by atoms with van der Waals surface area (Å²) in [6, 6.07) is 16.8. The van der Waals surface area contributed by atoms with E-state index in [1.165, 1.54) is 29.3 Å². The number of fused-ring (bicyclic) bond motifs is 1. The van der Waals surface area contributed by atoms with Crippen molar-refractivity contribution in [2.45, 2.75) is 37.2 Å². The predicted octanol–water partition coefficient (Wildman–Crippen LogP) is 4.49.